The van der Waals surface area contributed by atoms with E-state index in [1.54, 1.807) is 11.0 Å². The molecule has 0 unspecified atom stereocenters. The Kier molecular flexibility index (Phi) is 3.53. The van der Waals surface area contributed by atoms with Crippen molar-refractivity contribution in [1.82, 2.24) is 4.90 Å². The molecule has 116 valence electrons. The number of carbonyl (C=O) groups excluding carboxylic acids is 1. The zero-order valence-electron chi connectivity index (χ0n) is 12.3. The number of carboxylic acids is 1. The normalized spacial score (nSPS) is 36.8. The molecule has 6 nitrogen and oxygen atoms in total. The summed E-state index contributed by atoms with van der Waals surface area (Å²) in [5, 5.41) is 9.35. The number of carbonyl (C=O) groups is 2. The van der Waals surface area contributed by atoms with Crippen LogP contribution in [0.25, 0.3) is 0 Å². The Morgan fingerprint density at radius 2 is 2.38 bits per heavy atom. The molecule has 0 radical (unpaired) electrons. The minimum absolute atomic E-state index is 0.0983. The number of hydrogen-bond donors (Lipinski definition) is 1. The number of ether oxygens (including phenoxy) is 2. The lowest BCUT2D eigenvalue weighted by Gasteiger charge is -2.21. The number of nitrogens with zero attached hydrogens (tertiary/aromatic N) is 1. The quantitative estimate of drug-likeness (QED) is 0.576. The van der Waals surface area contributed by atoms with Gasteiger partial charge in [-0.1, -0.05) is 12.2 Å². The van der Waals surface area contributed by atoms with Gasteiger partial charge in [-0.2, -0.15) is 0 Å². The van der Waals surface area contributed by atoms with Gasteiger partial charge in [-0.05, 0) is 20.3 Å². The Balaban J connectivity index is 1.65. The van der Waals surface area contributed by atoms with Crippen LogP contribution in [0.1, 0.15) is 20.3 Å². The van der Waals surface area contributed by atoms with Crippen molar-refractivity contribution in [3.8, 4) is 0 Å². The van der Waals surface area contributed by atoms with Gasteiger partial charge in [-0.3, -0.25) is 9.59 Å². The second-order valence-corrected chi connectivity index (χ2v) is 6.27. The Labute approximate surface area is 123 Å². The summed E-state index contributed by atoms with van der Waals surface area (Å²) in [5.74, 6) is -2.37. The summed E-state index contributed by atoms with van der Waals surface area (Å²) >= 11 is 0. The van der Waals surface area contributed by atoms with Crippen LogP contribution in [0.3, 0.4) is 0 Å². The van der Waals surface area contributed by atoms with E-state index < -0.39 is 29.5 Å². The second kappa shape index (κ2) is 5.10. The Hall–Kier alpha value is -1.40. The average Bonchev–Trinajstić information content (AvgIpc) is 3.03. The molecule has 0 saturated carbocycles. The van der Waals surface area contributed by atoms with Gasteiger partial charge in [0, 0.05) is 13.2 Å². The molecule has 0 aromatic heterocycles. The van der Waals surface area contributed by atoms with E-state index in [1.807, 2.05) is 19.9 Å². The molecule has 3 rings (SSSR count). The van der Waals surface area contributed by atoms with Gasteiger partial charge < -0.3 is 19.5 Å². The van der Waals surface area contributed by atoms with Crippen LogP contribution in [0.15, 0.2) is 12.2 Å². The summed E-state index contributed by atoms with van der Waals surface area (Å²) in [6.07, 6.45) is 4.13. The summed E-state index contributed by atoms with van der Waals surface area (Å²) in [5.41, 5.74) is -0.719. The highest BCUT2D eigenvalue weighted by atomic mass is 16.5. The van der Waals surface area contributed by atoms with Crippen molar-refractivity contribution in [3.63, 3.8) is 0 Å². The van der Waals surface area contributed by atoms with Gasteiger partial charge in [0.25, 0.3) is 0 Å². The molecule has 2 saturated heterocycles. The molecule has 3 aliphatic heterocycles. The predicted octanol–water partition coefficient (Wildman–Crippen LogP) is 0.668. The summed E-state index contributed by atoms with van der Waals surface area (Å²) in [4.78, 5) is 25.7. The highest BCUT2D eigenvalue weighted by Crippen LogP contribution is 2.51. The fraction of sp³-hybridized carbons (Fsp3) is 0.733. The van der Waals surface area contributed by atoms with E-state index in [-0.39, 0.29) is 12.0 Å². The van der Waals surface area contributed by atoms with E-state index >= 15 is 0 Å². The number of amides is 1. The van der Waals surface area contributed by atoms with Crippen LogP contribution in [-0.2, 0) is 19.1 Å². The van der Waals surface area contributed by atoms with Crippen LogP contribution in [0, 0.1) is 11.8 Å². The zero-order valence-corrected chi connectivity index (χ0v) is 12.3. The summed E-state index contributed by atoms with van der Waals surface area (Å²) in [6, 6.07) is 0. The Bertz CT molecular complexity index is 488. The van der Waals surface area contributed by atoms with Crippen LogP contribution >= 0.6 is 0 Å². The van der Waals surface area contributed by atoms with Crippen LogP contribution in [0.5, 0.6) is 0 Å². The third kappa shape index (κ3) is 2.26. The van der Waals surface area contributed by atoms with Crippen LogP contribution in [0.4, 0.5) is 0 Å². The maximum atomic E-state index is 12.5. The molecule has 3 aliphatic rings. The van der Waals surface area contributed by atoms with Crippen molar-refractivity contribution < 1.29 is 24.2 Å². The van der Waals surface area contributed by atoms with Crippen molar-refractivity contribution in [2.24, 2.45) is 11.8 Å². The van der Waals surface area contributed by atoms with E-state index in [9.17, 15) is 14.7 Å². The lowest BCUT2D eigenvalue weighted by Crippen LogP contribution is -2.39. The standard InChI is InChI=1S/C15H21NO5/c1-9(2)20-7-3-6-16-8-15-5-4-10(21-15)11(14(18)19)12(15)13(16)17/h4-5,9-12H,3,6-8H2,1-2H3,(H,18,19)/t10-,11-,12+,15-/m1/s1. The van der Waals surface area contributed by atoms with Gasteiger partial charge in [-0.15, -0.1) is 0 Å². The molecule has 0 aromatic rings. The molecule has 1 amide bonds. The Morgan fingerprint density at radius 1 is 1.62 bits per heavy atom. The smallest absolute Gasteiger partial charge is 0.310 e. The monoisotopic (exact) mass is 295 g/mol. The number of fused-ring (bicyclic) bond motifs is 1. The first-order valence-corrected chi connectivity index (χ1v) is 7.45. The Morgan fingerprint density at radius 3 is 3.05 bits per heavy atom. The van der Waals surface area contributed by atoms with E-state index in [0.717, 1.165) is 6.42 Å². The first kappa shape index (κ1) is 14.5. The van der Waals surface area contributed by atoms with Gasteiger partial charge in [0.05, 0.1) is 24.7 Å². The van der Waals surface area contributed by atoms with Crippen molar-refractivity contribution in [1.29, 1.82) is 0 Å². The topological polar surface area (TPSA) is 76.1 Å². The van der Waals surface area contributed by atoms with Crippen LogP contribution in [-0.4, -0.2) is 59.4 Å². The number of likely N-dealkylation sites (tertiary alicyclic amines) is 1. The maximum absolute atomic E-state index is 12.5. The molecule has 21 heavy (non-hydrogen) atoms. The second-order valence-electron chi connectivity index (χ2n) is 6.27. The van der Waals surface area contributed by atoms with Crippen LogP contribution < -0.4 is 0 Å². The third-order valence-electron chi connectivity index (χ3n) is 4.49. The fourth-order valence-corrected chi connectivity index (χ4v) is 3.62. The van der Waals surface area contributed by atoms with Crippen LogP contribution in [0.2, 0.25) is 0 Å². The summed E-state index contributed by atoms with van der Waals surface area (Å²) in [7, 11) is 0. The average molecular weight is 295 g/mol. The van der Waals surface area contributed by atoms with Gasteiger partial charge >= 0.3 is 5.97 Å². The lowest BCUT2D eigenvalue weighted by atomic mass is 9.77. The van der Waals surface area contributed by atoms with Gasteiger partial charge in [0.15, 0.2) is 0 Å². The van der Waals surface area contributed by atoms with Crippen molar-refractivity contribution in [2.75, 3.05) is 19.7 Å². The number of rotatable bonds is 6. The fourth-order valence-electron chi connectivity index (χ4n) is 3.62. The highest BCUT2D eigenvalue weighted by Gasteiger charge is 2.66. The molecule has 6 heteroatoms. The van der Waals surface area contributed by atoms with E-state index in [1.165, 1.54) is 0 Å². The number of aliphatic carboxylic acids is 1. The first-order chi connectivity index (χ1) is 9.94. The lowest BCUT2D eigenvalue weighted by molar-refractivity contribution is -0.148. The molecule has 3 heterocycles. The summed E-state index contributed by atoms with van der Waals surface area (Å²) < 4.78 is 11.3. The molecule has 0 aliphatic carbocycles. The molecule has 2 fully saturated rings. The molecule has 1 N–H and O–H groups in total. The zero-order chi connectivity index (χ0) is 15.2. The molecule has 4 atom stereocenters. The van der Waals surface area contributed by atoms with Gasteiger partial charge in [0.1, 0.15) is 11.5 Å². The van der Waals surface area contributed by atoms with E-state index in [4.69, 9.17) is 9.47 Å². The number of hydrogen-bond acceptors (Lipinski definition) is 4. The number of carboxylic acid groups (broad SMARTS) is 1. The minimum Gasteiger partial charge on any atom is -0.481 e. The summed E-state index contributed by atoms with van der Waals surface area (Å²) in [6.45, 7) is 5.58. The predicted molar refractivity (Wildman–Crippen MR) is 73.6 cm³/mol. The highest BCUT2D eigenvalue weighted by molar-refractivity contribution is 5.90. The van der Waals surface area contributed by atoms with E-state index in [0.29, 0.717) is 19.7 Å². The molecule has 1 spiro atoms. The SMILES string of the molecule is CC(C)OCCCN1C[C@@]23C=C[C@@H](O2)[C@@H](C(=O)O)[C@H]3C1=O. The molecular formula is C15H21NO5. The van der Waals surface area contributed by atoms with Crippen molar-refractivity contribution in [3.05, 3.63) is 12.2 Å². The van der Waals surface area contributed by atoms with Gasteiger partial charge in [-0.25, -0.2) is 0 Å². The minimum atomic E-state index is -0.949. The van der Waals surface area contributed by atoms with Gasteiger partial charge in [0.2, 0.25) is 5.91 Å². The van der Waals surface area contributed by atoms with Crippen molar-refractivity contribution in [2.45, 2.75) is 38.1 Å². The van der Waals surface area contributed by atoms with E-state index in [2.05, 4.69) is 0 Å². The third-order valence-corrected chi connectivity index (χ3v) is 4.49. The van der Waals surface area contributed by atoms with Crippen molar-refractivity contribution >= 4 is 11.9 Å². The largest absolute Gasteiger partial charge is 0.481 e. The maximum Gasteiger partial charge on any atom is 0.310 e. The molecule has 2 bridgehead atoms. The molecular weight excluding hydrogens is 274 g/mol. The molecule has 0 aromatic carbocycles. The first-order valence-electron chi connectivity index (χ1n) is 7.45.